The van der Waals surface area contributed by atoms with Gasteiger partial charge in [-0.05, 0) is 47.9 Å². The van der Waals surface area contributed by atoms with Gasteiger partial charge in [-0.2, -0.15) is 0 Å². The molecule has 2 aromatic rings. The highest BCUT2D eigenvalue weighted by molar-refractivity contribution is 5.36. The predicted octanol–water partition coefficient (Wildman–Crippen LogP) is 4.40. The summed E-state index contributed by atoms with van der Waals surface area (Å²) in [5.74, 6) is 0.123. The lowest BCUT2D eigenvalue weighted by molar-refractivity contribution is 0.151. The maximum Gasteiger partial charge on any atom is 0.0855 e. The van der Waals surface area contributed by atoms with E-state index in [9.17, 15) is 5.11 Å². The topological polar surface area (TPSA) is 20.2 Å². The maximum absolute atomic E-state index is 10.6. The summed E-state index contributed by atoms with van der Waals surface area (Å²) in [5.41, 5.74) is 5.16. The highest BCUT2D eigenvalue weighted by Crippen LogP contribution is 2.32. The third kappa shape index (κ3) is 2.64. The first-order valence-corrected chi connectivity index (χ1v) is 7.60. The standard InChI is InChI=1S/C19H22O/c1-14(15-7-3-2-4-8-15)19(20)18-12-11-16-9-5-6-10-17(16)13-18/h2-4,7-8,11-14,19-20H,5-6,9-10H2,1H3. The summed E-state index contributed by atoms with van der Waals surface area (Å²) >= 11 is 0. The lowest BCUT2D eigenvalue weighted by Crippen LogP contribution is -2.10. The molecule has 1 aliphatic carbocycles. The number of rotatable bonds is 3. The minimum Gasteiger partial charge on any atom is -0.388 e. The molecule has 1 N–H and O–H groups in total. The fraction of sp³-hybridized carbons (Fsp3) is 0.368. The molecular formula is C19H22O. The van der Waals surface area contributed by atoms with Crippen molar-refractivity contribution >= 4 is 0 Å². The summed E-state index contributed by atoms with van der Waals surface area (Å²) in [6.45, 7) is 2.10. The van der Waals surface area contributed by atoms with Crippen molar-refractivity contribution in [3.8, 4) is 0 Å². The molecule has 2 aromatic carbocycles. The fourth-order valence-electron chi connectivity index (χ4n) is 3.16. The van der Waals surface area contributed by atoms with Crippen LogP contribution in [-0.4, -0.2) is 5.11 Å². The molecule has 1 aliphatic rings. The molecule has 0 spiro atoms. The lowest BCUT2D eigenvalue weighted by Gasteiger charge is -2.22. The minimum atomic E-state index is -0.426. The molecule has 0 aromatic heterocycles. The van der Waals surface area contributed by atoms with Crippen molar-refractivity contribution in [1.82, 2.24) is 0 Å². The molecule has 0 aliphatic heterocycles. The Bertz CT molecular complexity index is 574. The van der Waals surface area contributed by atoms with Gasteiger partial charge in [0.15, 0.2) is 0 Å². The van der Waals surface area contributed by atoms with Crippen LogP contribution in [0.4, 0.5) is 0 Å². The van der Waals surface area contributed by atoms with Crippen molar-refractivity contribution in [3.05, 3.63) is 70.8 Å². The van der Waals surface area contributed by atoms with Crippen LogP contribution >= 0.6 is 0 Å². The van der Waals surface area contributed by atoms with E-state index in [1.807, 2.05) is 18.2 Å². The van der Waals surface area contributed by atoms with Crippen molar-refractivity contribution in [2.45, 2.75) is 44.6 Å². The van der Waals surface area contributed by atoms with E-state index in [1.165, 1.54) is 36.0 Å². The quantitative estimate of drug-likeness (QED) is 0.873. The molecule has 3 rings (SSSR count). The van der Waals surface area contributed by atoms with Gasteiger partial charge in [0.1, 0.15) is 0 Å². The van der Waals surface area contributed by atoms with Crippen LogP contribution in [0.1, 0.15) is 54.0 Å². The van der Waals surface area contributed by atoms with Crippen LogP contribution in [0, 0.1) is 0 Å². The van der Waals surface area contributed by atoms with Crippen LogP contribution in [-0.2, 0) is 12.8 Å². The molecule has 2 atom stereocenters. The van der Waals surface area contributed by atoms with Crippen LogP contribution in [0.25, 0.3) is 0 Å². The number of aliphatic hydroxyl groups excluding tert-OH is 1. The van der Waals surface area contributed by atoms with Gasteiger partial charge >= 0.3 is 0 Å². The second kappa shape index (κ2) is 5.80. The lowest BCUT2D eigenvalue weighted by atomic mass is 9.86. The average molecular weight is 266 g/mol. The Morgan fingerprint density at radius 1 is 0.850 bits per heavy atom. The number of aryl methyl sites for hydroxylation is 2. The van der Waals surface area contributed by atoms with Gasteiger partial charge in [0.25, 0.3) is 0 Å². The zero-order valence-electron chi connectivity index (χ0n) is 12.0. The second-order valence-electron chi connectivity index (χ2n) is 5.88. The highest BCUT2D eigenvalue weighted by atomic mass is 16.3. The molecule has 2 unspecified atom stereocenters. The van der Waals surface area contributed by atoms with Gasteiger partial charge in [0.05, 0.1) is 6.10 Å². The molecule has 0 amide bonds. The Hall–Kier alpha value is -1.60. The third-order valence-corrected chi connectivity index (χ3v) is 4.51. The summed E-state index contributed by atoms with van der Waals surface area (Å²) < 4.78 is 0. The van der Waals surface area contributed by atoms with Crippen molar-refractivity contribution < 1.29 is 5.11 Å². The highest BCUT2D eigenvalue weighted by Gasteiger charge is 2.19. The number of aliphatic hydroxyl groups is 1. The number of fused-ring (bicyclic) bond motifs is 1. The number of hydrogen-bond donors (Lipinski definition) is 1. The first-order valence-electron chi connectivity index (χ1n) is 7.60. The van der Waals surface area contributed by atoms with E-state index in [-0.39, 0.29) is 5.92 Å². The Balaban J connectivity index is 1.85. The molecule has 1 heteroatoms. The summed E-state index contributed by atoms with van der Waals surface area (Å²) in [6, 6.07) is 16.8. The van der Waals surface area contributed by atoms with Gasteiger partial charge in [-0.3, -0.25) is 0 Å². The van der Waals surface area contributed by atoms with Gasteiger partial charge in [0.2, 0.25) is 0 Å². The summed E-state index contributed by atoms with van der Waals surface area (Å²) in [5, 5.41) is 10.6. The Morgan fingerprint density at radius 3 is 2.30 bits per heavy atom. The number of hydrogen-bond acceptors (Lipinski definition) is 1. The molecular weight excluding hydrogens is 244 g/mol. The molecule has 0 bridgehead atoms. The SMILES string of the molecule is CC(c1ccccc1)C(O)c1ccc2c(c1)CCCC2. The third-order valence-electron chi connectivity index (χ3n) is 4.51. The van der Waals surface area contributed by atoms with E-state index in [0.717, 1.165) is 12.0 Å². The normalized spacial score (nSPS) is 17.3. The Labute approximate surface area is 121 Å². The van der Waals surface area contributed by atoms with Gasteiger partial charge in [-0.1, -0.05) is 55.5 Å². The van der Waals surface area contributed by atoms with Crippen molar-refractivity contribution in [2.24, 2.45) is 0 Å². The molecule has 0 radical (unpaired) electrons. The Morgan fingerprint density at radius 2 is 1.55 bits per heavy atom. The van der Waals surface area contributed by atoms with E-state index in [2.05, 4.69) is 37.3 Å². The van der Waals surface area contributed by atoms with Gasteiger partial charge in [0, 0.05) is 5.92 Å². The second-order valence-corrected chi connectivity index (χ2v) is 5.88. The first kappa shape index (κ1) is 13.4. The van der Waals surface area contributed by atoms with Gasteiger partial charge < -0.3 is 5.11 Å². The number of benzene rings is 2. The van der Waals surface area contributed by atoms with Crippen molar-refractivity contribution in [1.29, 1.82) is 0 Å². The molecule has 104 valence electrons. The summed E-state index contributed by atoms with van der Waals surface area (Å²) in [6.07, 6.45) is 4.51. The van der Waals surface area contributed by atoms with Crippen LogP contribution in [0.5, 0.6) is 0 Å². The van der Waals surface area contributed by atoms with Crippen molar-refractivity contribution in [2.75, 3.05) is 0 Å². The smallest absolute Gasteiger partial charge is 0.0855 e. The maximum atomic E-state index is 10.6. The van der Waals surface area contributed by atoms with Gasteiger partial charge in [-0.25, -0.2) is 0 Å². The van der Waals surface area contributed by atoms with E-state index >= 15 is 0 Å². The zero-order valence-corrected chi connectivity index (χ0v) is 12.0. The predicted molar refractivity (Wildman–Crippen MR) is 82.9 cm³/mol. The molecule has 0 heterocycles. The molecule has 20 heavy (non-hydrogen) atoms. The fourth-order valence-corrected chi connectivity index (χ4v) is 3.16. The van der Waals surface area contributed by atoms with Crippen LogP contribution < -0.4 is 0 Å². The summed E-state index contributed by atoms with van der Waals surface area (Å²) in [7, 11) is 0. The summed E-state index contributed by atoms with van der Waals surface area (Å²) in [4.78, 5) is 0. The van der Waals surface area contributed by atoms with E-state index < -0.39 is 6.10 Å². The van der Waals surface area contributed by atoms with E-state index in [0.29, 0.717) is 0 Å². The zero-order chi connectivity index (χ0) is 13.9. The Kier molecular flexibility index (Phi) is 3.88. The van der Waals surface area contributed by atoms with Crippen LogP contribution in [0.2, 0.25) is 0 Å². The largest absolute Gasteiger partial charge is 0.388 e. The van der Waals surface area contributed by atoms with E-state index in [4.69, 9.17) is 0 Å². The first-order chi connectivity index (χ1) is 9.75. The molecule has 1 nitrogen and oxygen atoms in total. The molecule has 0 fully saturated rings. The average Bonchev–Trinajstić information content (AvgIpc) is 2.54. The minimum absolute atomic E-state index is 0.123. The molecule has 0 saturated heterocycles. The monoisotopic (exact) mass is 266 g/mol. The van der Waals surface area contributed by atoms with Crippen molar-refractivity contribution in [3.63, 3.8) is 0 Å². The van der Waals surface area contributed by atoms with Gasteiger partial charge in [-0.15, -0.1) is 0 Å². The molecule has 0 saturated carbocycles. The van der Waals surface area contributed by atoms with Crippen LogP contribution in [0.3, 0.4) is 0 Å². The van der Waals surface area contributed by atoms with Crippen LogP contribution in [0.15, 0.2) is 48.5 Å². The van der Waals surface area contributed by atoms with E-state index in [1.54, 1.807) is 0 Å².